The smallest absolute Gasteiger partial charge is 0.270 e. The quantitative estimate of drug-likeness (QED) is 0.579. The number of nitrogens with zero attached hydrogens (tertiary/aromatic N) is 3. The van der Waals surface area contributed by atoms with Crippen molar-refractivity contribution in [2.24, 2.45) is 0 Å². The van der Waals surface area contributed by atoms with Crippen LogP contribution >= 0.6 is 0 Å². The maximum atomic E-state index is 13.8. The number of benzene rings is 1. The number of aryl methyl sites for hydroxylation is 1. The first-order valence-corrected chi connectivity index (χ1v) is 14.1. The summed E-state index contributed by atoms with van der Waals surface area (Å²) < 4.78 is 40.9. The molecule has 2 aliphatic heterocycles. The fraction of sp³-hybridized carbons (Fsp3) is 0.500. The molecular formula is C26H31FN4O5S. The van der Waals surface area contributed by atoms with Crippen molar-refractivity contribution in [3.05, 3.63) is 68.9 Å². The van der Waals surface area contributed by atoms with Crippen LogP contribution in [0.3, 0.4) is 0 Å². The molecule has 1 aliphatic carbocycles. The molecule has 0 bridgehead atoms. The van der Waals surface area contributed by atoms with Crippen LogP contribution in [0, 0.1) is 12.7 Å². The Morgan fingerprint density at radius 2 is 1.89 bits per heavy atom. The number of amides is 2. The van der Waals surface area contributed by atoms with E-state index < -0.39 is 37.2 Å². The van der Waals surface area contributed by atoms with E-state index in [0.717, 1.165) is 6.54 Å². The van der Waals surface area contributed by atoms with Crippen molar-refractivity contribution in [3.63, 3.8) is 0 Å². The number of fused-ring (bicyclic) bond motifs is 1. The van der Waals surface area contributed by atoms with Gasteiger partial charge in [0, 0.05) is 32.7 Å². The van der Waals surface area contributed by atoms with Gasteiger partial charge in [0.15, 0.2) is 9.84 Å². The zero-order valence-electron chi connectivity index (χ0n) is 21.0. The summed E-state index contributed by atoms with van der Waals surface area (Å²) in [6.45, 7) is 3.45. The number of carbonyl (C=O) groups excluding carboxylic acids is 2. The number of hydrogen-bond acceptors (Lipinski definition) is 6. The molecule has 1 aromatic heterocycles. The first-order valence-electron chi connectivity index (χ1n) is 12.5. The lowest BCUT2D eigenvalue weighted by atomic mass is 10.1. The van der Waals surface area contributed by atoms with Gasteiger partial charge in [0.05, 0.1) is 10.00 Å². The first kappa shape index (κ1) is 25.6. The maximum absolute atomic E-state index is 13.8. The number of likely N-dealkylation sites (tertiary alicyclic amines) is 1. The monoisotopic (exact) mass is 530 g/mol. The SMILES string of the molecule is Cc1ccc(CNC(=O)c2ccc3n(c2=O)CCN(CC2(S(=O)(=O)C4CCN(C)C4)CC2)C3=O)cc1F. The minimum absolute atomic E-state index is 0.0529. The molecule has 11 heteroatoms. The average molecular weight is 531 g/mol. The Morgan fingerprint density at radius 1 is 1.14 bits per heavy atom. The van der Waals surface area contributed by atoms with Crippen molar-refractivity contribution in [2.45, 2.75) is 49.3 Å². The van der Waals surface area contributed by atoms with Crippen LogP contribution in [-0.4, -0.2) is 77.8 Å². The van der Waals surface area contributed by atoms with Crippen molar-refractivity contribution >= 4 is 21.7 Å². The highest BCUT2D eigenvalue weighted by Crippen LogP contribution is 2.47. The molecule has 1 aromatic carbocycles. The molecule has 37 heavy (non-hydrogen) atoms. The standard InChI is InChI=1S/C26H31FN4O5S/c1-17-3-4-18(13-21(17)27)14-28-23(32)20-5-6-22-25(34)30(11-12-31(22)24(20)33)16-26(8-9-26)37(35,36)19-7-10-29(2)15-19/h3-6,13,19H,7-12,14-16H2,1-2H3,(H,28,32). The van der Waals surface area contributed by atoms with Gasteiger partial charge in [0.2, 0.25) is 0 Å². The van der Waals surface area contributed by atoms with Gasteiger partial charge in [-0.25, -0.2) is 12.8 Å². The lowest BCUT2D eigenvalue weighted by Crippen LogP contribution is -2.51. The molecule has 1 saturated carbocycles. The summed E-state index contributed by atoms with van der Waals surface area (Å²) >= 11 is 0. The van der Waals surface area contributed by atoms with Crippen LogP contribution in [0.25, 0.3) is 0 Å². The highest BCUT2D eigenvalue weighted by Gasteiger charge is 2.58. The van der Waals surface area contributed by atoms with E-state index in [2.05, 4.69) is 5.32 Å². The Kier molecular flexibility index (Phi) is 6.47. The first-order chi connectivity index (χ1) is 17.5. The van der Waals surface area contributed by atoms with Crippen LogP contribution in [0.15, 0.2) is 35.1 Å². The van der Waals surface area contributed by atoms with Crippen molar-refractivity contribution in [2.75, 3.05) is 33.2 Å². The number of carbonyl (C=O) groups is 2. The molecule has 2 aromatic rings. The molecule has 1 saturated heterocycles. The maximum Gasteiger partial charge on any atom is 0.270 e. The topological polar surface area (TPSA) is 109 Å². The van der Waals surface area contributed by atoms with Crippen LogP contribution in [-0.2, 0) is 22.9 Å². The van der Waals surface area contributed by atoms with Crippen LogP contribution < -0.4 is 10.9 Å². The van der Waals surface area contributed by atoms with Crippen molar-refractivity contribution < 1.29 is 22.4 Å². The lowest BCUT2D eigenvalue weighted by Gasteiger charge is -2.33. The largest absolute Gasteiger partial charge is 0.348 e. The van der Waals surface area contributed by atoms with Crippen LogP contribution in [0.1, 0.15) is 51.2 Å². The number of pyridine rings is 1. The van der Waals surface area contributed by atoms with Gasteiger partial charge < -0.3 is 19.7 Å². The van der Waals surface area contributed by atoms with Gasteiger partial charge >= 0.3 is 0 Å². The van der Waals surface area contributed by atoms with Gasteiger partial charge in [0.25, 0.3) is 17.4 Å². The molecule has 1 N–H and O–H groups in total. The van der Waals surface area contributed by atoms with Gasteiger partial charge in [-0.1, -0.05) is 12.1 Å². The van der Waals surface area contributed by atoms with E-state index >= 15 is 0 Å². The second kappa shape index (κ2) is 9.36. The number of aromatic nitrogens is 1. The summed E-state index contributed by atoms with van der Waals surface area (Å²) in [7, 11) is -1.49. The van der Waals surface area contributed by atoms with Gasteiger partial charge in [-0.2, -0.15) is 0 Å². The molecule has 2 amide bonds. The number of halogens is 1. The van der Waals surface area contributed by atoms with Crippen LogP contribution in [0.4, 0.5) is 4.39 Å². The molecule has 0 spiro atoms. The summed E-state index contributed by atoms with van der Waals surface area (Å²) in [5.41, 5.74) is 0.513. The van der Waals surface area contributed by atoms with Crippen LogP contribution in [0.5, 0.6) is 0 Å². The normalized spacial score (nSPS) is 21.1. The van der Waals surface area contributed by atoms with E-state index in [4.69, 9.17) is 0 Å². The summed E-state index contributed by atoms with van der Waals surface area (Å²) in [4.78, 5) is 42.5. The number of sulfone groups is 1. The Balaban J connectivity index is 1.29. The van der Waals surface area contributed by atoms with E-state index in [1.165, 1.54) is 27.7 Å². The Bertz CT molecular complexity index is 1430. The zero-order chi connectivity index (χ0) is 26.5. The zero-order valence-corrected chi connectivity index (χ0v) is 21.8. The minimum atomic E-state index is -3.40. The Labute approximate surface area is 215 Å². The van der Waals surface area contributed by atoms with Crippen molar-refractivity contribution in [1.29, 1.82) is 0 Å². The summed E-state index contributed by atoms with van der Waals surface area (Å²) in [5, 5.41) is 2.22. The van der Waals surface area contributed by atoms with Gasteiger partial charge in [0.1, 0.15) is 17.1 Å². The highest BCUT2D eigenvalue weighted by atomic mass is 32.2. The van der Waals surface area contributed by atoms with Crippen molar-refractivity contribution in [3.8, 4) is 0 Å². The fourth-order valence-corrected chi connectivity index (χ4v) is 7.92. The predicted octanol–water partition coefficient (Wildman–Crippen LogP) is 1.33. The van der Waals surface area contributed by atoms with Gasteiger partial charge in [-0.15, -0.1) is 0 Å². The summed E-state index contributed by atoms with van der Waals surface area (Å²) in [6.07, 6.45) is 1.68. The molecular weight excluding hydrogens is 499 g/mol. The Hall–Kier alpha value is -3.05. The molecule has 2 fully saturated rings. The van der Waals surface area contributed by atoms with E-state index in [-0.39, 0.29) is 43.3 Å². The minimum Gasteiger partial charge on any atom is -0.348 e. The van der Waals surface area contributed by atoms with Crippen LogP contribution in [0.2, 0.25) is 0 Å². The summed E-state index contributed by atoms with van der Waals surface area (Å²) in [6, 6.07) is 7.41. The Morgan fingerprint density at radius 3 is 2.54 bits per heavy atom. The third kappa shape index (κ3) is 4.59. The van der Waals surface area contributed by atoms with Gasteiger partial charge in [-0.05, 0) is 69.1 Å². The van der Waals surface area contributed by atoms with E-state index in [1.54, 1.807) is 19.1 Å². The molecule has 0 radical (unpaired) electrons. The fourth-order valence-electron chi connectivity index (χ4n) is 5.34. The predicted molar refractivity (Wildman–Crippen MR) is 136 cm³/mol. The number of nitrogens with one attached hydrogen (secondary N) is 1. The molecule has 3 heterocycles. The molecule has 1 atom stereocenters. The van der Waals surface area contributed by atoms with E-state index in [0.29, 0.717) is 36.9 Å². The van der Waals surface area contributed by atoms with Crippen molar-refractivity contribution in [1.82, 2.24) is 19.7 Å². The third-order valence-electron chi connectivity index (χ3n) is 7.89. The second-order valence-electron chi connectivity index (χ2n) is 10.5. The lowest BCUT2D eigenvalue weighted by molar-refractivity contribution is 0.0694. The van der Waals surface area contributed by atoms with E-state index in [1.807, 2.05) is 11.9 Å². The highest BCUT2D eigenvalue weighted by molar-refractivity contribution is 7.93. The average Bonchev–Trinajstić information content (AvgIpc) is 3.53. The third-order valence-corrected chi connectivity index (χ3v) is 10.9. The molecule has 9 nitrogen and oxygen atoms in total. The molecule has 1 unspecified atom stereocenters. The van der Waals surface area contributed by atoms with Gasteiger partial charge in [-0.3, -0.25) is 14.4 Å². The second-order valence-corrected chi connectivity index (χ2v) is 13.1. The summed E-state index contributed by atoms with van der Waals surface area (Å²) in [5.74, 6) is -1.39. The molecule has 198 valence electrons. The molecule has 5 rings (SSSR count). The number of hydrogen-bond donors (Lipinski definition) is 1. The number of rotatable bonds is 7. The van der Waals surface area contributed by atoms with E-state index in [9.17, 15) is 27.2 Å². The molecule has 3 aliphatic rings.